The summed E-state index contributed by atoms with van der Waals surface area (Å²) in [5.74, 6) is 1.06. The summed E-state index contributed by atoms with van der Waals surface area (Å²) in [6, 6.07) is 12.9. The van der Waals surface area contributed by atoms with E-state index in [4.69, 9.17) is 4.74 Å². The van der Waals surface area contributed by atoms with E-state index in [2.05, 4.69) is 4.99 Å². The molecule has 0 radical (unpaired) electrons. The molecule has 2 aromatic carbocycles. The molecule has 2 aromatic rings. The van der Waals surface area contributed by atoms with Gasteiger partial charge < -0.3 is 9.84 Å². The number of hydrogen-bond donors (Lipinski definition) is 1. The Kier molecular flexibility index (Phi) is 3.85. The molecule has 0 aliphatic rings. The number of nitrogens with zero attached hydrogens (tertiary/aromatic N) is 1. The predicted molar refractivity (Wildman–Crippen MR) is 77.7 cm³/mol. The molecule has 0 atom stereocenters. The number of aryl methyl sites for hydroxylation is 1. The first-order valence-electron chi connectivity index (χ1n) is 6.10. The Morgan fingerprint density at radius 3 is 2.53 bits per heavy atom. The van der Waals surface area contributed by atoms with Gasteiger partial charge in [-0.2, -0.15) is 0 Å². The molecule has 0 amide bonds. The molecule has 0 fully saturated rings. The third kappa shape index (κ3) is 2.94. The van der Waals surface area contributed by atoms with Crippen LogP contribution in [0.3, 0.4) is 0 Å². The summed E-state index contributed by atoms with van der Waals surface area (Å²) in [4.78, 5) is 4.57. The molecule has 0 aromatic heterocycles. The summed E-state index contributed by atoms with van der Waals surface area (Å²) in [7, 11) is 1.64. The Hall–Kier alpha value is -2.29. The number of hydrogen-bond acceptors (Lipinski definition) is 3. The smallest absolute Gasteiger partial charge is 0.124 e. The van der Waals surface area contributed by atoms with Crippen molar-refractivity contribution in [2.75, 3.05) is 7.11 Å². The van der Waals surface area contributed by atoms with E-state index in [1.807, 2.05) is 44.2 Å². The van der Waals surface area contributed by atoms with E-state index in [0.717, 1.165) is 28.3 Å². The van der Waals surface area contributed by atoms with Gasteiger partial charge in [-0.3, -0.25) is 4.99 Å². The highest BCUT2D eigenvalue weighted by Gasteiger charge is 2.05. The van der Waals surface area contributed by atoms with Crippen molar-refractivity contribution in [3.05, 3.63) is 53.6 Å². The van der Waals surface area contributed by atoms with E-state index in [1.165, 1.54) is 0 Å². The van der Waals surface area contributed by atoms with Gasteiger partial charge in [-0.1, -0.05) is 12.1 Å². The Morgan fingerprint density at radius 1 is 1.16 bits per heavy atom. The molecule has 0 unspecified atom stereocenters. The number of aromatic hydroxyl groups is 1. The summed E-state index contributed by atoms with van der Waals surface area (Å²) >= 11 is 0. The summed E-state index contributed by atoms with van der Waals surface area (Å²) in [6.07, 6.45) is 0. The van der Waals surface area contributed by atoms with Crippen LogP contribution in [0.4, 0.5) is 5.69 Å². The number of rotatable bonds is 3. The molecule has 3 heteroatoms. The zero-order chi connectivity index (χ0) is 13.8. The van der Waals surface area contributed by atoms with Gasteiger partial charge in [0.1, 0.15) is 11.5 Å². The molecule has 3 nitrogen and oxygen atoms in total. The maximum absolute atomic E-state index is 9.81. The Morgan fingerprint density at radius 2 is 1.89 bits per heavy atom. The number of ether oxygens (including phenoxy) is 1. The molecule has 2 rings (SSSR count). The molecular formula is C16H17NO2. The number of benzene rings is 2. The second-order valence-electron chi connectivity index (χ2n) is 4.37. The quantitative estimate of drug-likeness (QED) is 0.846. The van der Waals surface area contributed by atoms with Crippen LogP contribution in [0, 0.1) is 6.92 Å². The van der Waals surface area contributed by atoms with Crippen molar-refractivity contribution in [3.63, 3.8) is 0 Å². The molecule has 0 heterocycles. The first kappa shape index (κ1) is 13.1. The van der Waals surface area contributed by atoms with Crippen LogP contribution in [0.1, 0.15) is 18.1 Å². The van der Waals surface area contributed by atoms with Gasteiger partial charge in [-0.15, -0.1) is 0 Å². The standard InChI is InChI=1S/C16H17NO2/c1-11-10-13(19-3)8-9-15(11)17-12(2)14-6-4-5-7-16(14)18/h4-10,18H,1-3H3/b17-12+. The van der Waals surface area contributed by atoms with Crippen molar-refractivity contribution in [1.82, 2.24) is 0 Å². The van der Waals surface area contributed by atoms with Crippen LogP contribution in [0.25, 0.3) is 0 Å². The molecule has 0 saturated heterocycles. The van der Waals surface area contributed by atoms with E-state index in [1.54, 1.807) is 19.2 Å². The van der Waals surface area contributed by atoms with E-state index >= 15 is 0 Å². The second kappa shape index (κ2) is 5.57. The fourth-order valence-corrected chi connectivity index (χ4v) is 1.90. The lowest BCUT2D eigenvalue weighted by atomic mass is 10.1. The zero-order valence-electron chi connectivity index (χ0n) is 11.3. The van der Waals surface area contributed by atoms with Crippen molar-refractivity contribution >= 4 is 11.4 Å². The van der Waals surface area contributed by atoms with Gasteiger partial charge in [-0.25, -0.2) is 0 Å². The van der Waals surface area contributed by atoms with Crippen molar-refractivity contribution in [2.45, 2.75) is 13.8 Å². The summed E-state index contributed by atoms with van der Waals surface area (Å²) in [6.45, 7) is 3.87. The minimum Gasteiger partial charge on any atom is -0.507 e. The Balaban J connectivity index is 2.38. The molecule has 0 saturated carbocycles. The summed E-state index contributed by atoms with van der Waals surface area (Å²) < 4.78 is 5.17. The van der Waals surface area contributed by atoms with Gasteiger partial charge in [0.05, 0.1) is 12.8 Å². The molecule has 0 bridgehead atoms. The molecular weight excluding hydrogens is 238 g/mol. The van der Waals surface area contributed by atoms with Crippen molar-refractivity contribution in [3.8, 4) is 11.5 Å². The molecule has 1 N–H and O–H groups in total. The monoisotopic (exact) mass is 255 g/mol. The topological polar surface area (TPSA) is 41.8 Å². The van der Waals surface area contributed by atoms with Gasteiger partial charge in [0.2, 0.25) is 0 Å². The number of methoxy groups -OCH3 is 1. The molecule has 98 valence electrons. The average Bonchev–Trinajstić information content (AvgIpc) is 2.41. The Bertz CT molecular complexity index is 618. The van der Waals surface area contributed by atoms with Crippen LogP contribution in [-0.2, 0) is 0 Å². The van der Waals surface area contributed by atoms with Gasteiger partial charge in [-0.05, 0) is 49.7 Å². The number of para-hydroxylation sites is 1. The highest BCUT2D eigenvalue weighted by Crippen LogP contribution is 2.25. The predicted octanol–water partition coefficient (Wildman–Crippen LogP) is 3.85. The van der Waals surface area contributed by atoms with E-state index < -0.39 is 0 Å². The van der Waals surface area contributed by atoms with Crippen LogP contribution in [0.5, 0.6) is 11.5 Å². The Labute approximate surface area is 113 Å². The molecule has 19 heavy (non-hydrogen) atoms. The van der Waals surface area contributed by atoms with Gasteiger partial charge in [0.25, 0.3) is 0 Å². The fourth-order valence-electron chi connectivity index (χ4n) is 1.90. The molecule has 0 aliphatic carbocycles. The fraction of sp³-hybridized carbons (Fsp3) is 0.188. The summed E-state index contributed by atoms with van der Waals surface area (Å²) in [5.41, 5.74) is 3.44. The van der Waals surface area contributed by atoms with E-state index in [9.17, 15) is 5.11 Å². The van der Waals surface area contributed by atoms with Crippen LogP contribution >= 0.6 is 0 Å². The largest absolute Gasteiger partial charge is 0.507 e. The SMILES string of the molecule is COc1ccc(/N=C(\C)c2ccccc2O)c(C)c1. The second-order valence-corrected chi connectivity index (χ2v) is 4.37. The minimum absolute atomic E-state index is 0.245. The normalized spacial score (nSPS) is 11.4. The highest BCUT2D eigenvalue weighted by atomic mass is 16.5. The maximum atomic E-state index is 9.81. The third-order valence-electron chi connectivity index (χ3n) is 2.99. The molecule has 0 aliphatic heterocycles. The van der Waals surface area contributed by atoms with Crippen LogP contribution in [0.2, 0.25) is 0 Å². The highest BCUT2D eigenvalue weighted by molar-refractivity contribution is 6.02. The first-order valence-corrected chi connectivity index (χ1v) is 6.10. The van der Waals surface area contributed by atoms with Gasteiger partial charge in [0, 0.05) is 11.3 Å². The van der Waals surface area contributed by atoms with Crippen LogP contribution in [-0.4, -0.2) is 17.9 Å². The van der Waals surface area contributed by atoms with Crippen molar-refractivity contribution in [1.29, 1.82) is 0 Å². The van der Waals surface area contributed by atoms with E-state index in [0.29, 0.717) is 0 Å². The van der Waals surface area contributed by atoms with Crippen molar-refractivity contribution < 1.29 is 9.84 Å². The van der Waals surface area contributed by atoms with Crippen molar-refractivity contribution in [2.24, 2.45) is 4.99 Å². The third-order valence-corrected chi connectivity index (χ3v) is 2.99. The zero-order valence-corrected chi connectivity index (χ0v) is 11.3. The maximum Gasteiger partial charge on any atom is 0.124 e. The van der Waals surface area contributed by atoms with Gasteiger partial charge in [0.15, 0.2) is 0 Å². The lowest BCUT2D eigenvalue weighted by molar-refractivity contribution is 0.414. The lowest BCUT2D eigenvalue weighted by Gasteiger charge is -2.07. The lowest BCUT2D eigenvalue weighted by Crippen LogP contribution is -1.94. The van der Waals surface area contributed by atoms with Crippen LogP contribution in [0.15, 0.2) is 47.5 Å². The van der Waals surface area contributed by atoms with Crippen LogP contribution < -0.4 is 4.74 Å². The molecule has 0 spiro atoms. The van der Waals surface area contributed by atoms with Gasteiger partial charge >= 0.3 is 0 Å². The van der Waals surface area contributed by atoms with E-state index in [-0.39, 0.29) is 5.75 Å². The number of aliphatic imine (C=N–C) groups is 1. The number of phenolic OH excluding ortho intramolecular Hbond substituents is 1. The summed E-state index contributed by atoms with van der Waals surface area (Å²) in [5, 5.41) is 9.81. The average molecular weight is 255 g/mol. The first-order chi connectivity index (χ1) is 9.11. The number of phenols is 1. The minimum atomic E-state index is 0.245.